The molecule has 1 aliphatic carbocycles. The van der Waals surface area contributed by atoms with Crippen LogP contribution in [0.2, 0.25) is 0 Å². The number of aliphatic carboxylic acids is 1. The SMILES string of the molecule is CCCCC(C)[C@H](O)C=C[C@@H]1[C@@H](CCCCC=CC(=O)O)[C@H](Cl)C[C@H]1O. The minimum atomic E-state index is -0.915. The van der Waals surface area contributed by atoms with Gasteiger partial charge in [-0.25, -0.2) is 4.79 Å². The Bertz CT molecular complexity index is 463. The minimum absolute atomic E-state index is 0.0138. The summed E-state index contributed by atoms with van der Waals surface area (Å²) in [6, 6.07) is 0. The number of aliphatic hydroxyl groups excluding tert-OH is 2. The van der Waals surface area contributed by atoms with Gasteiger partial charge in [0.05, 0.1) is 12.2 Å². The van der Waals surface area contributed by atoms with Gasteiger partial charge in [-0.1, -0.05) is 51.3 Å². The molecule has 150 valence electrons. The maximum atomic E-state index is 10.4. The summed E-state index contributed by atoms with van der Waals surface area (Å²) in [7, 11) is 0. The topological polar surface area (TPSA) is 77.8 Å². The monoisotopic (exact) mass is 386 g/mol. The largest absolute Gasteiger partial charge is 0.478 e. The van der Waals surface area contributed by atoms with E-state index in [0.29, 0.717) is 6.42 Å². The van der Waals surface area contributed by atoms with Crippen LogP contribution in [0.15, 0.2) is 24.3 Å². The van der Waals surface area contributed by atoms with Crippen molar-refractivity contribution in [2.75, 3.05) is 0 Å². The summed E-state index contributed by atoms with van der Waals surface area (Å²) in [5.74, 6) is -0.512. The molecule has 5 heteroatoms. The number of carboxylic acid groups (broad SMARTS) is 1. The van der Waals surface area contributed by atoms with E-state index < -0.39 is 18.2 Å². The molecule has 6 atom stereocenters. The summed E-state index contributed by atoms with van der Waals surface area (Å²) in [5.41, 5.74) is 0. The van der Waals surface area contributed by atoms with Crippen molar-refractivity contribution in [2.45, 2.75) is 82.8 Å². The summed E-state index contributed by atoms with van der Waals surface area (Å²) < 4.78 is 0. The van der Waals surface area contributed by atoms with E-state index in [1.165, 1.54) is 6.08 Å². The first-order chi connectivity index (χ1) is 12.4. The minimum Gasteiger partial charge on any atom is -0.478 e. The Hall–Kier alpha value is -0.840. The van der Waals surface area contributed by atoms with Crippen LogP contribution in [0.5, 0.6) is 0 Å². The molecule has 3 N–H and O–H groups in total. The highest BCUT2D eigenvalue weighted by atomic mass is 35.5. The first-order valence-electron chi connectivity index (χ1n) is 9.94. The Kier molecular flexibility index (Phi) is 11.2. The second-order valence-electron chi connectivity index (χ2n) is 7.58. The first kappa shape index (κ1) is 23.2. The number of rotatable bonds is 12. The van der Waals surface area contributed by atoms with Gasteiger partial charge in [0.15, 0.2) is 0 Å². The smallest absolute Gasteiger partial charge is 0.327 e. The molecule has 26 heavy (non-hydrogen) atoms. The van der Waals surface area contributed by atoms with E-state index in [2.05, 4.69) is 13.8 Å². The molecule has 0 heterocycles. The highest BCUT2D eigenvalue weighted by Gasteiger charge is 2.39. The highest BCUT2D eigenvalue weighted by molar-refractivity contribution is 6.21. The fraction of sp³-hybridized carbons (Fsp3) is 0.762. The molecular formula is C21H35ClO4. The molecular weight excluding hydrogens is 352 g/mol. The molecule has 0 amide bonds. The van der Waals surface area contributed by atoms with Gasteiger partial charge in [-0.05, 0) is 43.9 Å². The van der Waals surface area contributed by atoms with Crippen LogP contribution in [0.3, 0.4) is 0 Å². The number of carbonyl (C=O) groups is 1. The lowest BCUT2D eigenvalue weighted by Crippen LogP contribution is -2.21. The van der Waals surface area contributed by atoms with Crippen molar-refractivity contribution >= 4 is 17.6 Å². The standard InChI is InChI=1S/C21H35ClO4/c1-3-4-9-15(2)19(23)13-12-17-16(18(22)14-20(17)24)10-7-5-6-8-11-21(25)26/h8,11-13,15-20,23-24H,3-7,9-10,14H2,1-2H3,(H,25,26)/t15?,16-,17-,18-,19-,20-/m1/s1. The number of allylic oxidation sites excluding steroid dienone is 1. The molecule has 0 aromatic rings. The highest BCUT2D eigenvalue weighted by Crippen LogP contribution is 2.40. The van der Waals surface area contributed by atoms with Crippen LogP contribution in [0.1, 0.15) is 65.2 Å². The molecule has 1 aliphatic rings. The molecule has 0 aromatic carbocycles. The summed E-state index contributed by atoms with van der Waals surface area (Å²) in [4.78, 5) is 10.4. The number of aliphatic hydroxyl groups is 2. The lowest BCUT2D eigenvalue weighted by molar-refractivity contribution is -0.131. The van der Waals surface area contributed by atoms with Gasteiger partial charge in [0.2, 0.25) is 0 Å². The lowest BCUT2D eigenvalue weighted by Gasteiger charge is -2.22. The normalized spacial score (nSPS) is 28.8. The number of unbranched alkanes of at least 4 members (excludes halogenated alkanes) is 3. The number of hydrogen-bond acceptors (Lipinski definition) is 3. The van der Waals surface area contributed by atoms with Crippen molar-refractivity contribution in [2.24, 2.45) is 17.8 Å². The van der Waals surface area contributed by atoms with Crippen LogP contribution in [-0.4, -0.2) is 38.9 Å². The van der Waals surface area contributed by atoms with Crippen LogP contribution < -0.4 is 0 Å². The van der Waals surface area contributed by atoms with Gasteiger partial charge < -0.3 is 15.3 Å². The Labute approximate surface area is 163 Å². The summed E-state index contributed by atoms with van der Waals surface area (Å²) in [5, 5.41) is 29.2. The van der Waals surface area contributed by atoms with Crippen molar-refractivity contribution in [3.63, 3.8) is 0 Å². The van der Waals surface area contributed by atoms with Gasteiger partial charge in [0, 0.05) is 17.4 Å². The van der Waals surface area contributed by atoms with E-state index in [9.17, 15) is 15.0 Å². The Balaban J connectivity index is 2.50. The van der Waals surface area contributed by atoms with Crippen molar-refractivity contribution in [1.29, 1.82) is 0 Å². The van der Waals surface area contributed by atoms with Gasteiger partial charge in [-0.3, -0.25) is 0 Å². The quantitative estimate of drug-likeness (QED) is 0.199. The zero-order valence-corrected chi connectivity index (χ0v) is 16.8. The molecule has 0 aromatic heterocycles. The third kappa shape index (κ3) is 8.24. The molecule has 4 nitrogen and oxygen atoms in total. The van der Waals surface area contributed by atoms with E-state index in [1.807, 2.05) is 12.2 Å². The number of halogens is 1. The fourth-order valence-corrected chi connectivity index (χ4v) is 4.16. The predicted molar refractivity (Wildman–Crippen MR) is 106 cm³/mol. The zero-order chi connectivity index (χ0) is 19.5. The summed E-state index contributed by atoms with van der Waals surface area (Å²) in [6.45, 7) is 4.20. The predicted octanol–water partition coefficient (Wildman–Crippen LogP) is 4.54. The van der Waals surface area contributed by atoms with Crippen molar-refractivity contribution in [3.05, 3.63) is 24.3 Å². The average molecular weight is 387 g/mol. The van der Waals surface area contributed by atoms with Gasteiger partial charge in [0.1, 0.15) is 0 Å². The third-order valence-electron chi connectivity index (χ3n) is 5.42. The van der Waals surface area contributed by atoms with Crippen molar-refractivity contribution in [1.82, 2.24) is 0 Å². The Morgan fingerprint density at radius 3 is 2.69 bits per heavy atom. The maximum Gasteiger partial charge on any atom is 0.327 e. The van der Waals surface area contributed by atoms with E-state index in [0.717, 1.165) is 44.9 Å². The van der Waals surface area contributed by atoms with Crippen LogP contribution in [0, 0.1) is 17.8 Å². The fourth-order valence-electron chi connectivity index (χ4n) is 3.69. The lowest BCUT2D eigenvalue weighted by atomic mass is 9.88. The second kappa shape index (κ2) is 12.5. The van der Waals surface area contributed by atoms with Gasteiger partial charge in [0.25, 0.3) is 0 Å². The van der Waals surface area contributed by atoms with Crippen LogP contribution >= 0.6 is 11.6 Å². The number of hydrogen-bond donors (Lipinski definition) is 3. The van der Waals surface area contributed by atoms with Crippen LogP contribution in [0.25, 0.3) is 0 Å². The summed E-state index contributed by atoms with van der Waals surface area (Å²) in [6.07, 6.45) is 13.0. The molecule has 0 bridgehead atoms. The molecule has 0 aliphatic heterocycles. The molecule has 0 saturated heterocycles. The maximum absolute atomic E-state index is 10.4. The average Bonchev–Trinajstić information content (AvgIpc) is 2.86. The molecule has 1 rings (SSSR count). The van der Waals surface area contributed by atoms with E-state index in [4.69, 9.17) is 16.7 Å². The first-order valence-corrected chi connectivity index (χ1v) is 10.4. The van der Waals surface area contributed by atoms with Crippen LogP contribution in [0.4, 0.5) is 0 Å². The molecule has 1 unspecified atom stereocenters. The van der Waals surface area contributed by atoms with Crippen molar-refractivity contribution < 1.29 is 20.1 Å². The third-order valence-corrected chi connectivity index (χ3v) is 5.92. The van der Waals surface area contributed by atoms with Crippen LogP contribution in [-0.2, 0) is 4.79 Å². The molecule has 0 radical (unpaired) electrons. The van der Waals surface area contributed by atoms with Crippen molar-refractivity contribution in [3.8, 4) is 0 Å². The molecule has 1 fully saturated rings. The zero-order valence-electron chi connectivity index (χ0n) is 16.1. The second-order valence-corrected chi connectivity index (χ2v) is 8.14. The van der Waals surface area contributed by atoms with Gasteiger partial charge >= 0.3 is 5.97 Å². The molecule has 0 spiro atoms. The number of carboxylic acids is 1. The van der Waals surface area contributed by atoms with E-state index >= 15 is 0 Å². The Morgan fingerprint density at radius 1 is 1.31 bits per heavy atom. The van der Waals surface area contributed by atoms with Gasteiger partial charge in [-0.2, -0.15) is 0 Å². The van der Waals surface area contributed by atoms with E-state index in [-0.39, 0.29) is 23.1 Å². The molecule has 1 saturated carbocycles. The van der Waals surface area contributed by atoms with Gasteiger partial charge in [-0.15, -0.1) is 11.6 Å². The number of alkyl halides is 1. The summed E-state index contributed by atoms with van der Waals surface area (Å²) >= 11 is 6.45. The van der Waals surface area contributed by atoms with E-state index in [1.54, 1.807) is 6.08 Å². The Morgan fingerprint density at radius 2 is 2.04 bits per heavy atom.